The summed E-state index contributed by atoms with van der Waals surface area (Å²) in [4.78, 5) is 12.3. The van der Waals surface area contributed by atoms with Crippen molar-refractivity contribution in [3.05, 3.63) is 88.9 Å². The third-order valence-electron chi connectivity index (χ3n) is 4.20. The molecule has 4 rings (SSSR count). The Labute approximate surface area is 150 Å². The number of rotatable bonds is 4. The van der Waals surface area contributed by atoms with Crippen molar-refractivity contribution < 1.29 is 14.3 Å². The van der Waals surface area contributed by atoms with Crippen LogP contribution in [0, 0.1) is 0 Å². The Bertz CT molecular complexity index is 873. The van der Waals surface area contributed by atoms with Crippen LogP contribution in [0.1, 0.15) is 17.2 Å². The van der Waals surface area contributed by atoms with Crippen LogP contribution >= 0.6 is 11.6 Å². The molecule has 0 saturated carbocycles. The molecule has 0 radical (unpaired) electrons. The van der Waals surface area contributed by atoms with Gasteiger partial charge in [0.05, 0.1) is 0 Å². The minimum absolute atomic E-state index is 0.150. The Morgan fingerprint density at radius 3 is 2.00 bits per heavy atom. The van der Waals surface area contributed by atoms with E-state index >= 15 is 0 Å². The number of esters is 1. The van der Waals surface area contributed by atoms with Gasteiger partial charge in [0, 0.05) is 16.1 Å². The predicted molar refractivity (Wildman–Crippen MR) is 96.8 cm³/mol. The molecule has 4 heteroatoms. The first kappa shape index (κ1) is 15.7. The largest absolute Gasteiger partial charge is 0.482 e. The molecule has 3 aromatic rings. The molecule has 0 N–H and O–H groups in total. The zero-order chi connectivity index (χ0) is 17.2. The molecule has 0 aromatic heterocycles. The molecule has 0 heterocycles. The Morgan fingerprint density at radius 1 is 0.840 bits per heavy atom. The number of carbonyl (C=O) groups is 1. The fraction of sp³-hybridized carbons (Fsp3) is 0.0952. The van der Waals surface area contributed by atoms with Gasteiger partial charge in [-0.3, -0.25) is 0 Å². The molecular weight excluding hydrogens is 336 g/mol. The summed E-state index contributed by atoms with van der Waals surface area (Å²) in [5.41, 5.74) is 4.22. The number of hydrogen-bond donors (Lipinski definition) is 0. The minimum atomic E-state index is -0.411. The van der Waals surface area contributed by atoms with E-state index < -0.39 is 12.1 Å². The van der Waals surface area contributed by atoms with E-state index in [4.69, 9.17) is 21.1 Å². The Hall–Kier alpha value is -2.78. The smallest absolute Gasteiger partial charge is 0.345 e. The number of halogens is 1. The van der Waals surface area contributed by atoms with Crippen LogP contribution in [0.4, 0.5) is 0 Å². The first-order valence-corrected chi connectivity index (χ1v) is 8.36. The molecule has 0 unspecified atom stereocenters. The van der Waals surface area contributed by atoms with E-state index in [-0.39, 0.29) is 6.61 Å². The first-order chi connectivity index (χ1) is 12.2. The summed E-state index contributed by atoms with van der Waals surface area (Å²) in [6.07, 6.45) is -0.395. The standard InChI is InChI=1S/C21H15ClO3/c22-14-9-11-15(12-10-14)24-13-20(23)25-21-18-7-3-1-5-16(18)17-6-2-4-8-19(17)21/h1-12,21H,13H2. The summed E-state index contributed by atoms with van der Waals surface area (Å²) in [5, 5.41) is 0.620. The van der Waals surface area contributed by atoms with Crippen LogP contribution in [0.15, 0.2) is 72.8 Å². The van der Waals surface area contributed by atoms with Gasteiger partial charge in [0.25, 0.3) is 0 Å². The average Bonchev–Trinajstić information content (AvgIpc) is 2.96. The lowest BCUT2D eigenvalue weighted by Gasteiger charge is -2.15. The number of fused-ring (bicyclic) bond motifs is 3. The summed E-state index contributed by atoms with van der Waals surface area (Å²) < 4.78 is 11.2. The van der Waals surface area contributed by atoms with Gasteiger partial charge < -0.3 is 9.47 Å². The van der Waals surface area contributed by atoms with Crippen LogP contribution in [-0.2, 0) is 9.53 Å². The molecule has 0 spiro atoms. The third-order valence-corrected chi connectivity index (χ3v) is 4.45. The molecule has 3 nitrogen and oxygen atoms in total. The Morgan fingerprint density at radius 2 is 1.40 bits per heavy atom. The fourth-order valence-corrected chi connectivity index (χ4v) is 3.20. The van der Waals surface area contributed by atoms with Gasteiger partial charge >= 0.3 is 5.97 Å². The molecular formula is C21H15ClO3. The Balaban J connectivity index is 1.50. The SMILES string of the molecule is O=C(COc1ccc(Cl)cc1)OC1c2ccccc2-c2ccccc21. The van der Waals surface area contributed by atoms with E-state index in [2.05, 4.69) is 0 Å². The van der Waals surface area contributed by atoms with Crippen LogP contribution in [0.3, 0.4) is 0 Å². The highest BCUT2D eigenvalue weighted by Gasteiger charge is 2.30. The van der Waals surface area contributed by atoms with E-state index in [1.54, 1.807) is 24.3 Å². The lowest BCUT2D eigenvalue weighted by Crippen LogP contribution is -2.18. The summed E-state index contributed by atoms with van der Waals surface area (Å²) in [6, 6.07) is 22.8. The second kappa shape index (κ2) is 6.61. The van der Waals surface area contributed by atoms with Crippen molar-refractivity contribution in [2.75, 3.05) is 6.61 Å². The Kier molecular flexibility index (Phi) is 4.16. The summed E-state index contributed by atoms with van der Waals surface area (Å²) in [6.45, 7) is -0.150. The van der Waals surface area contributed by atoms with Gasteiger partial charge in [-0.1, -0.05) is 60.1 Å². The summed E-state index contributed by atoms with van der Waals surface area (Å²) in [7, 11) is 0. The van der Waals surface area contributed by atoms with Gasteiger partial charge in [-0.15, -0.1) is 0 Å². The number of hydrogen-bond acceptors (Lipinski definition) is 3. The van der Waals surface area contributed by atoms with Crippen molar-refractivity contribution in [1.82, 2.24) is 0 Å². The van der Waals surface area contributed by atoms with E-state index in [0.717, 1.165) is 22.3 Å². The number of carbonyl (C=O) groups excluding carboxylic acids is 1. The van der Waals surface area contributed by atoms with E-state index in [9.17, 15) is 4.79 Å². The molecule has 0 fully saturated rings. The second-order valence-electron chi connectivity index (χ2n) is 5.79. The predicted octanol–water partition coefficient (Wildman–Crippen LogP) is 5.03. The van der Waals surface area contributed by atoms with Crippen molar-refractivity contribution in [2.24, 2.45) is 0 Å². The normalized spacial score (nSPS) is 12.4. The van der Waals surface area contributed by atoms with Crippen molar-refractivity contribution in [3.63, 3.8) is 0 Å². The van der Waals surface area contributed by atoms with Crippen molar-refractivity contribution in [3.8, 4) is 16.9 Å². The zero-order valence-electron chi connectivity index (χ0n) is 13.3. The van der Waals surface area contributed by atoms with E-state index in [0.29, 0.717) is 10.8 Å². The number of benzene rings is 3. The van der Waals surface area contributed by atoms with Gasteiger partial charge in [-0.05, 0) is 35.4 Å². The van der Waals surface area contributed by atoms with Gasteiger partial charge in [-0.2, -0.15) is 0 Å². The molecule has 1 aliphatic rings. The van der Waals surface area contributed by atoms with E-state index in [1.165, 1.54) is 0 Å². The van der Waals surface area contributed by atoms with Crippen molar-refractivity contribution >= 4 is 17.6 Å². The topological polar surface area (TPSA) is 35.5 Å². The maximum atomic E-state index is 12.3. The maximum absolute atomic E-state index is 12.3. The maximum Gasteiger partial charge on any atom is 0.345 e. The van der Waals surface area contributed by atoms with Crippen LogP contribution < -0.4 is 4.74 Å². The van der Waals surface area contributed by atoms with E-state index in [1.807, 2.05) is 48.5 Å². The van der Waals surface area contributed by atoms with Crippen LogP contribution in [0.25, 0.3) is 11.1 Å². The van der Waals surface area contributed by atoms with Gasteiger partial charge in [0.1, 0.15) is 5.75 Å². The van der Waals surface area contributed by atoms with Gasteiger partial charge in [0.15, 0.2) is 12.7 Å². The highest BCUT2D eigenvalue weighted by molar-refractivity contribution is 6.30. The zero-order valence-corrected chi connectivity index (χ0v) is 14.1. The molecule has 0 bridgehead atoms. The van der Waals surface area contributed by atoms with Crippen molar-refractivity contribution in [2.45, 2.75) is 6.10 Å². The molecule has 0 amide bonds. The molecule has 124 valence electrons. The third kappa shape index (κ3) is 3.11. The lowest BCUT2D eigenvalue weighted by molar-refractivity contribution is -0.149. The molecule has 1 aliphatic carbocycles. The van der Waals surface area contributed by atoms with Crippen molar-refractivity contribution in [1.29, 1.82) is 0 Å². The molecule has 0 atom stereocenters. The first-order valence-electron chi connectivity index (χ1n) is 7.98. The minimum Gasteiger partial charge on any atom is -0.482 e. The molecule has 0 saturated heterocycles. The molecule has 0 aliphatic heterocycles. The second-order valence-corrected chi connectivity index (χ2v) is 6.22. The van der Waals surface area contributed by atoms with Crippen LogP contribution in [-0.4, -0.2) is 12.6 Å². The lowest BCUT2D eigenvalue weighted by atomic mass is 10.1. The fourth-order valence-electron chi connectivity index (χ4n) is 3.07. The van der Waals surface area contributed by atoms with Crippen LogP contribution in [0.2, 0.25) is 5.02 Å². The monoisotopic (exact) mass is 350 g/mol. The van der Waals surface area contributed by atoms with Gasteiger partial charge in [0.2, 0.25) is 0 Å². The summed E-state index contributed by atoms with van der Waals surface area (Å²) in [5.74, 6) is 0.167. The molecule has 25 heavy (non-hydrogen) atoms. The average molecular weight is 351 g/mol. The van der Waals surface area contributed by atoms with Crippen LogP contribution in [0.5, 0.6) is 5.75 Å². The molecule has 3 aromatic carbocycles. The highest BCUT2D eigenvalue weighted by atomic mass is 35.5. The van der Waals surface area contributed by atoms with Gasteiger partial charge in [-0.25, -0.2) is 4.79 Å². The number of ether oxygens (including phenoxy) is 2. The highest BCUT2D eigenvalue weighted by Crippen LogP contribution is 2.44. The summed E-state index contributed by atoms with van der Waals surface area (Å²) >= 11 is 5.84. The quantitative estimate of drug-likeness (QED) is 0.619.